The summed E-state index contributed by atoms with van der Waals surface area (Å²) >= 11 is 0. The summed E-state index contributed by atoms with van der Waals surface area (Å²) in [6.45, 7) is 4.08. The van der Waals surface area contributed by atoms with Gasteiger partial charge in [-0.15, -0.1) is 0 Å². The lowest BCUT2D eigenvalue weighted by Crippen LogP contribution is -1.97. The molecule has 0 radical (unpaired) electrons. The molecule has 0 fully saturated rings. The van der Waals surface area contributed by atoms with E-state index in [0.717, 1.165) is 38.9 Å². The third kappa shape index (κ3) is 2.48. The first-order chi connectivity index (χ1) is 11.2. The van der Waals surface area contributed by atoms with Gasteiger partial charge in [0.1, 0.15) is 5.52 Å². The Balaban J connectivity index is 1.92. The van der Waals surface area contributed by atoms with Gasteiger partial charge in [-0.25, -0.2) is 0 Å². The van der Waals surface area contributed by atoms with E-state index in [1.807, 2.05) is 43.6 Å². The van der Waals surface area contributed by atoms with Crippen LogP contribution in [0.25, 0.3) is 21.8 Å². The lowest BCUT2D eigenvalue weighted by molar-refractivity contribution is 1.23. The molecular formula is C19H16N4. The van der Waals surface area contributed by atoms with Crippen LogP contribution < -0.4 is 5.32 Å². The number of nitrogens with one attached hydrogen (secondary N) is 1. The van der Waals surface area contributed by atoms with Gasteiger partial charge in [-0.05, 0) is 55.8 Å². The van der Waals surface area contributed by atoms with E-state index in [1.54, 1.807) is 6.20 Å². The van der Waals surface area contributed by atoms with Crippen LogP contribution in [0.1, 0.15) is 11.3 Å². The summed E-state index contributed by atoms with van der Waals surface area (Å²) in [7, 11) is 0. The summed E-state index contributed by atoms with van der Waals surface area (Å²) in [6, 6.07) is 12.2. The average Bonchev–Trinajstić information content (AvgIpc) is 2.54. The SMILES string of the molecule is Cc1cc(Nc2cc(C)nc3cccnc23)c2ccncc2c1. The summed E-state index contributed by atoms with van der Waals surface area (Å²) in [5, 5.41) is 5.81. The fourth-order valence-corrected chi connectivity index (χ4v) is 2.90. The van der Waals surface area contributed by atoms with Gasteiger partial charge in [-0.3, -0.25) is 15.0 Å². The van der Waals surface area contributed by atoms with Crippen molar-refractivity contribution in [2.24, 2.45) is 0 Å². The Kier molecular flexibility index (Phi) is 3.15. The third-order valence-electron chi connectivity index (χ3n) is 3.86. The zero-order chi connectivity index (χ0) is 15.8. The molecule has 3 aromatic heterocycles. The minimum absolute atomic E-state index is 0.877. The van der Waals surface area contributed by atoms with Crippen molar-refractivity contribution in [1.29, 1.82) is 0 Å². The molecule has 0 unspecified atom stereocenters. The highest BCUT2D eigenvalue weighted by Gasteiger charge is 2.08. The molecule has 0 aliphatic carbocycles. The number of nitrogens with zero attached hydrogens (tertiary/aromatic N) is 3. The van der Waals surface area contributed by atoms with Gasteiger partial charge in [-0.2, -0.15) is 0 Å². The molecule has 1 N–H and O–H groups in total. The van der Waals surface area contributed by atoms with E-state index in [0.29, 0.717) is 0 Å². The molecule has 4 nitrogen and oxygen atoms in total. The zero-order valence-corrected chi connectivity index (χ0v) is 13.0. The molecule has 0 aliphatic rings. The van der Waals surface area contributed by atoms with E-state index in [4.69, 9.17) is 0 Å². The first kappa shape index (κ1) is 13.6. The highest BCUT2D eigenvalue weighted by molar-refractivity contribution is 5.98. The van der Waals surface area contributed by atoms with Gasteiger partial charge < -0.3 is 5.32 Å². The number of fused-ring (bicyclic) bond motifs is 2. The average molecular weight is 300 g/mol. The number of rotatable bonds is 2. The molecule has 0 saturated carbocycles. The van der Waals surface area contributed by atoms with Gasteiger partial charge in [0.2, 0.25) is 0 Å². The maximum atomic E-state index is 4.55. The quantitative estimate of drug-likeness (QED) is 0.590. The van der Waals surface area contributed by atoms with Gasteiger partial charge in [-0.1, -0.05) is 0 Å². The molecule has 0 bridgehead atoms. The molecule has 112 valence electrons. The van der Waals surface area contributed by atoms with Crippen LogP contribution in [0, 0.1) is 13.8 Å². The van der Waals surface area contributed by atoms with E-state index in [1.165, 1.54) is 5.56 Å². The Morgan fingerprint density at radius 2 is 1.87 bits per heavy atom. The van der Waals surface area contributed by atoms with Crippen molar-refractivity contribution in [3.63, 3.8) is 0 Å². The van der Waals surface area contributed by atoms with E-state index < -0.39 is 0 Å². The molecule has 0 atom stereocenters. The van der Waals surface area contributed by atoms with Crippen LogP contribution in [-0.2, 0) is 0 Å². The number of pyridine rings is 3. The Labute approximate surface area is 134 Å². The second-order valence-electron chi connectivity index (χ2n) is 5.72. The maximum absolute atomic E-state index is 4.55. The van der Waals surface area contributed by atoms with Crippen LogP contribution in [0.5, 0.6) is 0 Å². The number of aromatic nitrogens is 3. The smallest absolute Gasteiger partial charge is 0.112 e. The zero-order valence-electron chi connectivity index (χ0n) is 13.0. The first-order valence-electron chi connectivity index (χ1n) is 7.54. The minimum atomic E-state index is 0.877. The molecule has 23 heavy (non-hydrogen) atoms. The number of anilines is 2. The fraction of sp³-hybridized carbons (Fsp3) is 0.105. The molecule has 4 aromatic rings. The second-order valence-corrected chi connectivity index (χ2v) is 5.72. The molecule has 4 heteroatoms. The topological polar surface area (TPSA) is 50.7 Å². The Morgan fingerprint density at radius 3 is 2.78 bits per heavy atom. The molecule has 0 amide bonds. The monoisotopic (exact) mass is 300 g/mol. The van der Waals surface area contributed by atoms with Gasteiger partial charge in [0.05, 0.1) is 11.2 Å². The van der Waals surface area contributed by atoms with Crippen molar-refractivity contribution in [1.82, 2.24) is 15.0 Å². The molecule has 0 aliphatic heterocycles. The molecular weight excluding hydrogens is 284 g/mol. The van der Waals surface area contributed by atoms with Crippen LogP contribution in [0.2, 0.25) is 0 Å². The van der Waals surface area contributed by atoms with Crippen LogP contribution in [0.3, 0.4) is 0 Å². The van der Waals surface area contributed by atoms with Crippen LogP contribution in [0.4, 0.5) is 11.4 Å². The predicted octanol–water partition coefficient (Wildman–Crippen LogP) is 4.54. The molecule has 1 aromatic carbocycles. The number of aryl methyl sites for hydroxylation is 2. The van der Waals surface area contributed by atoms with Crippen molar-refractivity contribution in [2.75, 3.05) is 5.32 Å². The Morgan fingerprint density at radius 1 is 0.957 bits per heavy atom. The number of benzene rings is 1. The van der Waals surface area contributed by atoms with E-state index in [-0.39, 0.29) is 0 Å². The Bertz CT molecular complexity index is 941. The molecule has 0 spiro atoms. The van der Waals surface area contributed by atoms with Gasteiger partial charge in [0.15, 0.2) is 0 Å². The Hall–Kier alpha value is -3.01. The summed E-state index contributed by atoms with van der Waals surface area (Å²) < 4.78 is 0. The van der Waals surface area contributed by atoms with Crippen molar-refractivity contribution in [2.45, 2.75) is 13.8 Å². The van der Waals surface area contributed by atoms with E-state index in [2.05, 4.69) is 39.3 Å². The summed E-state index contributed by atoms with van der Waals surface area (Å²) in [5.74, 6) is 0. The predicted molar refractivity (Wildman–Crippen MR) is 94.0 cm³/mol. The largest absolute Gasteiger partial charge is 0.353 e. The van der Waals surface area contributed by atoms with Gasteiger partial charge in [0, 0.05) is 40.7 Å². The summed E-state index contributed by atoms with van der Waals surface area (Å²) in [6.07, 6.45) is 5.50. The lowest BCUT2D eigenvalue weighted by Gasteiger charge is -2.13. The van der Waals surface area contributed by atoms with Crippen molar-refractivity contribution >= 4 is 33.2 Å². The van der Waals surface area contributed by atoms with Crippen LogP contribution >= 0.6 is 0 Å². The summed E-state index contributed by atoms with van der Waals surface area (Å²) in [4.78, 5) is 13.2. The molecule has 3 heterocycles. The van der Waals surface area contributed by atoms with Crippen molar-refractivity contribution < 1.29 is 0 Å². The van der Waals surface area contributed by atoms with Gasteiger partial charge in [0.25, 0.3) is 0 Å². The van der Waals surface area contributed by atoms with Crippen molar-refractivity contribution in [3.8, 4) is 0 Å². The van der Waals surface area contributed by atoms with Crippen LogP contribution in [-0.4, -0.2) is 15.0 Å². The summed E-state index contributed by atoms with van der Waals surface area (Å²) in [5.41, 5.74) is 5.95. The highest BCUT2D eigenvalue weighted by Crippen LogP contribution is 2.30. The van der Waals surface area contributed by atoms with E-state index >= 15 is 0 Å². The normalized spacial score (nSPS) is 11.0. The maximum Gasteiger partial charge on any atom is 0.112 e. The fourth-order valence-electron chi connectivity index (χ4n) is 2.90. The second kappa shape index (κ2) is 5.32. The molecule has 0 saturated heterocycles. The van der Waals surface area contributed by atoms with E-state index in [9.17, 15) is 0 Å². The molecule has 4 rings (SSSR count). The highest BCUT2D eigenvalue weighted by atomic mass is 14.9. The van der Waals surface area contributed by atoms with Crippen molar-refractivity contribution in [3.05, 3.63) is 66.2 Å². The number of hydrogen-bond donors (Lipinski definition) is 1. The number of hydrogen-bond acceptors (Lipinski definition) is 4. The van der Waals surface area contributed by atoms with Crippen LogP contribution in [0.15, 0.2) is 55.0 Å². The van der Waals surface area contributed by atoms with Gasteiger partial charge >= 0.3 is 0 Å². The first-order valence-corrected chi connectivity index (χ1v) is 7.54. The lowest BCUT2D eigenvalue weighted by atomic mass is 10.1. The minimum Gasteiger partial charge on any atom is -0.353 e. The third-order valence-corrected chi connectivity index (χ3v) is 3.86. The standard InChI is InChI=1S/C19H16N4/c1-12-8-14-11-20-7-5-15(14)17(9-12)23-18-10-13(2)22-16-4-3-6-21-19(16)18/h3-11H,1-2H3,(H,22,23).